The zero-order valence-corrected chi connectivity index (χ0v) is 20.9. The molecule has 0 bridgehead atoms. The topological polar surface area (TPSA) is 96.4 Å². The van der Waals surface area contributed by atoms with Crippen LogP contribution in [0.3, 0.4) is 0 Å². The summed E-state index contributed by atoms with van der Waals surface area (Å²) in [7, 11) is 0. The SMILES string of the molecule is CC(C)(C)OC(=O)N1CCC2CN(C(=O)OCC3c4ccccc4-c4ccccc43)CC2(C(=O)O)C1. The van der Waals surface area contributed by atoms with E-state index in [0.717, 1.165) is 22.3 Å². The van der Waals surface area contributed by atoms with Crippen molar-refractivity contribution in [2.75, 3.05) is 32.8 Å². The highest BCUT2D eigenvalue weighted by molar-refractivity contribution is 5.81. The first-order valence-corrected chi connectivity index (χ1v) is 12.4. The van der Waals surface area contributed by atoms with E-state index in [-0.39, 0.29) is 31.5 Å². The Labute approximate surface area is 210 Å². The summed E-state index contributed by atoms with van der Waals surface area (Å²) in [5.41, 5.74) is 2.63. The number of fused-ring (bicyclic) bond motifs is 4. The van der Waals surface area contributed by atoms with Gasteiger partial charge in [0.15, 0.2) is 0 Å². The highest BCUT2D eigenvalue weighted by Gasteiger charge is 2.57. The number of nitrogens with zero attached hydrogens (tertiary/aromatic N) is 2. The molecule has 2 heterocycles. The number of amides is 2. The second-order valence-corrected chi connectivity index (χ2v) is 11.0. The number of rotatable bonds is 3. The fourth-order valence-corrected chi connectivity index (χ4v) is 5.87. The summed E-state index contributed by atoms with van der Waals surface area (Å²) in [4.78, 5) is 41.2. The summed E-state index contributed by atoms with van der Waals surface area (Å²) in [6, 6.07) is 16.2. The Bertz CT molecular complexity index is 1160. The van der Waals surface area contributed by atoms with E-state index in [1.165, 1.54) is 9.80 Å². The van der Waals surface area contributed by atoms with E-state index in [0.29, 0.717) is 19.5 Å². The molecule has 8 nitrogen and oxygen atoms in total. The van der Waals surface area contributed by atoms with E-state index < -0.39 is 29.2 Å². The van der Waals surface area contributed by atoms with Gasteiger partial charge in [0.2, 0.25) is 0 Å². The van der Waals surface area contributed by atoms with Crippen LogP contribution >= 0.6 is 0 Å². The number of carboxylic acid groups (broad SMARTS) is 1. The molecule has 0 saturated carbocycles. The lowest BCUT2D eigenvalue weighted by atomic mass is 9.73. The number of likely N-dealkylation sites (tertiary alicyclic amines) is 2. The molecule has 2 aromatic rings. The second kappa shape index (κ2) is 8.84. The molecular formula is C28H32N2O6. The highest BCUT2D eigenvalue weighted by Crippen LogP contribution is 2.45. The molecule has 2 fully saturated rings. The van der Waals surface area contributed by atoms with Gasteiger partial charge >= 0.3 is 18.2 Å². The Hall–Kier alpha value is -3.55. The third-order valence-corrected chi connectivity index (χ3v) is 7.59. The molecule has 8 heteroatoms. The van der Waals surface area contributed by atoms with Gasteiger partial charge in [-0.25, -0.2) is 9.59 Å². The molecule has 2 unspecified atom stereocenters. The van der Waals surface area contributed by atoms with Gasteiger partial charge < -0.3 is 24.4 Å². The number of carbonyl (C=O) groups is 3. The molecule has 2 saturated heterocycles. The number of piperidine rings is 1. The lowest BCUT2D eigenvalue weighted by Gasteiger charge is -2.41. The van der Waals surface area contributed by atoms with Crippen molar-refractivity contribution in [3.63, 3.8) is 0 Å². The maximum Gasteiger partial charge on any atom is 0.410 e. The van der Waals surface area contributed by atoms with Gasteiger partial charge in [0, 0.05) is 32.1 Å². The van der Waals surface area contributed by atoms with Crippen molar-refractivity contribution >= 4 is 18.2 Å². The lowest BCUT2D eigenvalue weighted by Crippen LogP contribution is -2.55. The van der Waals surface area contributed by atoms with Crippen LogP contribution in [-0.2, 0) is 14.3 Å². The van der Waals surface area contributed by atoms with Crippen LogP contribution in [0.1, 0.15) is 44.2 Å². The molecule has 2 atom stereocenters. The van der Waals surface area contributed by atoms with Crippen molar-refractivity contribution in [3.8, 4) is 11.1 Å². The molecule has 0 aromatic heterocycles. The largest absolute Gasteiger partial charge is 0.481 e. The first-order valence-electron chi connectivity index (χ1n) is 12.4. The minimum atomic E-state index is -1.24. The second-order valence-electron chi connectivity index (χ2n) is 11.0. The van der Waals surface area contributed by atoms with Crippen LogP contribution in [0.15, 0.2) is 48.5 Å². The van der Waals surface area contributed by atoms with Gasteiger partial charge in [0.25, 0.3) is 0 Å². The third kappa shape index (κ3) is 4.18. The average molecular weight is 493 g/mol. The van der Waals surface area contributed by atoms with E-state index in [4.69, 9.17) is 9.47 Å². The fraction of sp³-hybridized carbons (Fsp3) is 0.464. The number of aliphatic carboxylic acids is 1. The molecule has 0 spiro atoms. The summed E-state index contributed by atoms with van der Waals surface area (Å²) in [5.74, 6) is -1.33. The first-order chi connectivity index (χ1) is 17.1. The average Bonchev–Trinajstić information content (AvgIpc) is 3.38. The monoisotopic (exact) mass is 492 g/mol. The third-order valence-electron chi connectivity index (χ3n) is 7.59. The number of hydrogen-bond donors (Lipinski definition) is 1. The van der Waals surface area contributed by atoms with E-state index in [9.17, 15) is 19.5 Å². The number of benzene rings is 2. The van der Waals surface area contributed by atoms with Gasteiger partial charge in [0.05, 0.1) is 0 Å². The Morgan fingerprint density at radius 3 is 2.11 bits per heavy atom. The van der Waals surface area contributed by atoms with E-state index in [1.807, 2.05) is 24.3 Å². The summed E-state index contributed by atoms with van der Waals surface area (Å²) in [6.07, 6.45) is -0.560. The summed E-state index contributed by atoms with van der Waals surface area (Å²) < 4.78 is 11.2. The van der Waals surface area contributed by atoms with Crippen LogP contribution in [0.25, 0.3) is 11.1 Å². The molecule has 36 heavy (non-hydrogen) atoms. The predicted octanol–water partition coefficient (Wildman–Crippen LogP) is 4.58. The summed E-state index contributed by atoms with van der Waals surface area (Å²) in [5, 5.41) is 10.2. The van der Waals surface area contributed by atoms with Crippen LogP contribution in [0, 0.1) is 11.3 Å². The molecule has 1 aliphatic carbocycles. The van der Waals surface area contributed by atoms with Crippen molar-refractivity contribution in [1.82, 2.24) is 9.80 Å². The zero-order valence-electron chi connectivity index (χ0n) is 20.9. The molecule has 2 aromatic carbocycles. The minimum Gasteiger partial charge on any atom is -0.481 e. The van der Waals surface area contributed by atoms with Crippen molar-refractivity contribution < 1.29 is 29.0 Å². The van der Waals surface area contributed by atoms with Gasteiger partial charge in [-0.1, -0.05) is 48.5 Å². The van der Waals surface area contributed by atoms with Crippen LogP contribution in [0.2, 0.25) is 0 Å². The van der Waals surface area contributed by atoms with E-state index in [1.54, 1.807) is 20.8 Å². The molecule has 0 radical (unpaired) electrons. The van der Waals surface area contributed by atoms with Crippen LogP contribution in [0.5, 0.6) is 0 Å². The minimum absolute atomic E-state index is 0.00295. The summed E-state index contributed by atoms with van der Waals surface area (Å²) >= 11 is 0. The van der Waals surface area contributed by atoms with Gasteiger partial charge in [0.1, 0.15) is 17.6 Å². The quantitative estimate of drug-likeness (QED) is 0.674. The predicted molar refractivity (Wildman–Crippen MR) is 133 cm³/mol. The number of hydrogen-bond acceptors (Lipinski definition) is 5. The van der Waals surface area contributed by atoms with Gasteiger partial charge in [-0.05, 0) is 55.4 Å². The Morgan fingerprint density at radius 2 is 1.53 bits per heavy atom. The Morgan fingerprint density at radius 1 is 0.944 bits per heavy atom. The molecule has 5 rings (SSSR count). The molecular weight excluding hydrogens is 460 g/mol. The standard InChI is InChI=1S/C28H32N2O6/c1-27(2,3)36-26(34)29-13-12-18-14-30(17-28(18,16-29)24(31)32)25(33)35-15-23-21-10-6-4-8-19(21)20-9-5-7-11-22(20)23/h4-11,18,23H,12-17H2,1-3H3,(H,31,32). The molecule has 2 amide bonds. The van der Waals surface area contributed by atoms with Crippen LogP contribution < -0.4 is 0 Å². The smallest absolute Gasteiger partial charge is 0.410 e. The van der Waals surface area contributed by atoms with Gasteiger partial charge in [-0.15, -0.1) is 0 Å². The number of ether oxygens (including phenoxy) is 2. The Balaban J connectivity index is 1.28. The van der Waals surface area contributed by atoms with Gasteiger partial charge in [-0.3, -0.25) is 4.79 Å². The Kier molecular flexibility index (Phi) is 5.93. The van der Waals surface area contributed by atoms with E-state index in [2.05, 4.69) is 24.3 Å². The summed E-state index contributed by atoms with van der Waals surface area (Å²) in [6.45, 7) is 6.21. The van der Waals surface area contributed by atoms with Crippen LogP contribution in [0.4, 0.5) is 9.59 Å². The molecule has 190 valence electrons. The maximum atomic E-state index is 13.1. The van der Waals surface area contributed by atoms with Crippen molar-refractivity contribution in [1.29, 1.82) is 0 Å². The molecule has 2 aliphatic heterocycles. The van der Waals surface area contributed by atoms with Crippen molar-refractivity contribution in [3.05, 3.63) is 59.7 Å². The molecule has 3 aliphatic rings. The number of carboxylic acids is 1. The fourth-order valence-electron chi connectivity index (χ4n) is 5.87. The van der Waals surface area contributed by atoms with Gasteiger partial charge in [-0.2, -0.15) is 0 Å². The maximum absolute atomic E-state index is 13.1. The molecule has 1 N–H and O–H groups in total. The lowest BCUT2D eigenvalue weighted by molar-refractivity contribution is -0.153. The highest BCUT2D eigenvalue weighted by atomic mass is 16.6. The normalized spacial score (nSPS) is 23.0. The van der Waals surface area contributed by atoms with E-state index >= 15 is 0 Å². The van der Waals surface area contributed by atoms with Crippen LogP contribution in [-0.4, -0.2) is 71.4 Å². The first kappa shape index (κ1) is 24.2. The van der Waals surface area contributed by atoms with Crippen molar-refractivity contribution in [2.45, 2.75) is 38.7 Å². The van der Waals surface area contributed by atoms with Crippen molar-refractivity contribution in [2.24, 2.45) is 11.3 Å². The zero-order chi connectivity index (χ0) is 25.7. The number of carbonyl (C=O) groups excluding carboxylic acids is 2.